The minimum atomic E-state index is 1.75. The zero-order valence-corrected chi connectivity index (χ0v) is 2.76. The lowest BCUT2D eigenvalue weighted by molar-refractivity contribution is 1.37. The van der Waals surface area contributed by atoms with Gasteiger partial charge in [-0.15, -0.1) is 0 Å². The highest BCUT2D eigenvalue weighted by Crippen LogP contribution is 1.70. The van der Waals surface area contributed by atoms with Crippen molar-refractivity contribution in [1.29, 1.82) is 0 Å². The minimum Gasteiger partial charge on any atom is -0.670 e. The van der Waals surface area contributed by atoms with Crippen LogP contribution >= 0.6 is 0 Å². The van der Waals surface area contributed by atoms with Crippen molar-refractivity contribution in [2.24, 2.45) is 0 Å². The summed E-state index contributed by atoms with van der Waals surface area (Å²) in [6.07, 6.45) is 3.50. The zero-order valence-electron chi connectivity index (χ0n) is 2.76. The fourth-order valence-corrected chi connectivity index (χ4v) is 0.248. The molecule has 0 saturated carbocycles. The SMILES string of the molecule is c1cc[n-]c1. The number of rotatable bonds is 0. The van der Waals surface area contributed by atoms with Crippen LogP contribution in [0.5, 0.6) is 0 Å². The van der Waals surface area contributed by atoms with Crippen LogP contribution in [0.2, 0.25) is 0 Å². The molecule has 0 unspecified atom stereocenters. The number of nitrogens with zero attached hydrogens (tertiary/aromatic N) is 1. The third kappa shape index (κ3) is 0.293. The van der Waals surface area contributed by atoms with Gasteiger partial charge in [-0.1, -0.05) is 12.1 Å². The lowest BCUT2D eigenvalue weighted by Gasteiger charge is -1.72. The Hall–Kier alpha value is -0.720. The lowest BCUT2D eigenvalue weighted by Crippen LogP contribution is -1.47. The van der Waals surface area contributed by atoms with Gasteiger partial charge in [0.25, 0.3) is 0 Å². The summed E-state index contributed by atoms with van der Waals surface area (Å²) in [7, 11) is 0. The van der Waals surface area contributed by atoms with Crippen molar-refractivity contribution < 1.29 is 0 Å². The molecule has 5 heavy (non-hydrogen) atoms. The van der Waals surface area contributed by atoms with E-state index in [1.165, 1.54) is 0 Å². The molecular formula is C4H4N-. The second kappa shape index (κ2) is 0.931. The molecule has 0 saturated heterocycles. The van der Waals surface area contributed by atoms with Gasteiger partial charge in [0.05, 0.1) is 0 Å². The summed E-state index contributed by atoms with van der Waals surface area (Å²) in [4.78, 5) is 3.72. The second-order valence-electron chi connectivity index (χ2n) is 0.832. The van der Waals surface area contributed by atoms with Gasteiger partial charge in [-0.2, -0.15) is 12.4 Å². The highest BCUT2D eigenvalue weighted by atomic mass is 14.6. The number of hydrogen-bond acceptors (Lipinski definition) is 0. The molecule has 1 aromatic rings. The van der Waals surface area contributed by atoms with E-state index >= 15 is 0 Å². The van der Waals surface area contributed by atoms with Crippen molar-refractivity contribution in [3.63, 3.8) is 0 Å². The standard InChI is InChI=1S/C4H4N/c1-2-4-5-3-1/h1-4H/q-1. The smallest absolute Gasteiger partial charge is 0.0860 e. The van der Waals surface area contributed by atoms with Crippen LogP contribution in [0.1, 0.15) is 0 Å². The Morgan fingerprint density at radius 3 is 1.80 bits per heavy atom. The molecule has 0 aliphatic carbocycles. The molecule has 0 aliphatic rings. The normalized spacial score (nSPS) is 8.00. The Bertz CT molecular complexity index is 60.1. The first-order valence-electron chi connectivity index (χ1n) is 1.52. The van der Waals surface area contributed by atoms with E-state index in [9.17, 15) is 0 Å². The number of aromatic nitrogens is 1. The molecule has 0 bridgehead atoms. The van der Waals surface area contributed by atoms with E-state index in [1.807, 2.05) is 12.1 Å². The van der Waals surface area contributed by atoms with Gasteiger partial charge in [0.2, 0.25) is 0 Å². The van der Waals surface area contributed by atoms with E-state index in [1.54, 1.807) is 12.4 Å². The molecule has 0 spiro atoms. The van der Waals surface area contributed by atoms with Crippen LogP contribution in [0.3, 0.4) is 0 Å². The first-order valence-corrected chi connectivity index (χ1v) is 1.52. The van der Waals surface area contributed by atoms with Crippen LogP contribution in [-0.4, -0.2) is 0 Å². The fraction of sp³-hybridized carbons (Fsp3) is 0. The molecule has 0 aliphatic heterocycles. The highest BCUT2D eigenvalue weighted by Gasteiger charge is 1.43. The van der Waals surface area contributed by atoms with Crippen molar-refractivity contribution in [1.82, 2.24) is 4.98 Å². The third-order valence-electron chi connectivity index (χ3n) is 0.455. The summed E-state index contributed by atoms with van der Waals surface area (Å²) in [5.74, 6) is 0. The second-order valence-corrected chi connectivity index (χ2v) is 0.832. The summed E-state index contributed by atoms with van der Waals surface area (Å²) in [6, 6.07) is 3.78. The Kier molecular flexibility index (Phi) is 0.468. The lowest BCUT2D eigenvalue weighted by atomic mass is 10.7. The van der Waals surface area contributed by atoms with Crippen LogP contribution < -0.4 is 4.98 Å². The molecule has 1 aromatic heterocycles. The summed E-state index contributed by atoms with van der Waals surface area (Å²) in [5, 5.41) is 0. The third-order valence-corrected chi connectivity index (χ3v) is 0.455. The Labute approximate surface area is 30.6 Å². The van der Waals surface area contributed by atoms with E-state index in [4.69, 9.17) is 0 Å². The topological polar surface area (TPSA) is 14.1 Å². The van der Waals surface area contributed by atoms with E-state index in [2.05, 4.69) is 4.98 Å². The van der Waals surface area contributed by atoms with E-state index in [0.717, 1.165) is 0 Å². The predicted octanol–water partition coefficient (Wildman–Crippen LogP) is 0.644. The van der Waals surface area contributed by atoms with E-state index in [-0.39, 0.29) is 0 Å². The van der Waals surface area contributed by atoms with E-state index in [0.29, 0.717) is 0 Å². The summed E-state index contributed by atoms with van der Waals surface area (Å²) >= 11 is 0. The first-order chi connectivity index (χ1) is 2.50. The zero-order chi connectivity index (χ0) is 3.54. The minimum absolute atomic E-state index is 1.75. The van der Waals surface area contributed by atoms with Crippen molar-refractivity contribution in [3.8, 4) is 0 Å². The fourth-order valence-electron chi connectivity index (χ4n) is 0.248. The van der Waals surface area contributed by atoms with Gasteiger partial charge in [0.15, 0.2) is 0 Å². The first kappa shape index (κ1) is 2.51. The summed E-state index contributed by atoms with van der Waals surface area (Å²) < 4.78 is 0. The molecular weight excluding hydrogens is 62.1 g/mol. The summed E-state index contributed by atoms with van der Waals surface area (Å²) in [6.45, 7) is 0. The maximum Gasteiger partial charge on any atom is -0.0860 e. The largest absolute Gasteiger partial charge is 0.670 e. The molecule has 1 heterocycles. The molecule has 0 fully saturated rings. The predicted molar refractivity (Wildman–Crippen MR) is 19.8 cm³/mol. The Morgan fingerprint density at radius 2 is 1.60 bits per heavy atom. The van der Waals surface area contributed by atoms with Gasteiger partial charge in [0, 0.05) is 0 Å². The van der Waals surface area contributed by atoms with Gasteiger partial charge < -0.3 is 4.98 Å². The molecule has 1 heteroatoms. The van der Waals surface area contributed by atoms with Crippen molar-refractivity contribution >= 4 is 0 Å². The van der Waals surface area contributed by atoms with Crippen LogP contribution in [0.25, 0.3) is 0 Å². The molecule has 1 nitrogen and oxygen atoms in total. The molecule has 0 radical (unpaired) electrons. The van der Waals surface area contributed by atoms with Crippen molar-refractivity contribution in [2.45, 2.75) is 0 Å². The van der Waals surface area contributed by atoms with Crippen molar-refractivity contribution in [2.75, 3.05) is 0 Å². The van der Waals surface area contributed by atoms with Gasteiger partial charge in [0.1, 0.15) is 0 Å². The van der Waals surface area contributed by atoms with Crippen LogP contribution in [0.4, 0.5) is 0 Å². The summed E-state index contributed by atoms with van der Waals surface area (Å²) in [5.41, 5.74) is 0. The maximum atomic E-state index is 3.72. The van der Waals surface area contributed by atoms with Crippen LogP contribution in [0.15, 0.2) is 24.5 Å². The van der Waals surface area contributed by atoms with Crippen molar-refractivity contribution in [3.05, 3.63) is 24.5 Å². The van der Waals surface area contributed by atoms with Gasteiger partial charge in [-0.3, -0.25) is 0 Å². The van der Waals surface area contributed by atoms with Gasteiger partial charge in [-0.25, -0.2) is 0 Å². The number of hydrogen-bond donors (Lipinski definition) is 0. The average Bonchev–Trinajstić information content (AvgIpc) is 1.76. The van der Waals surface area contributed by atoms with Crippen LogP contribution in [0, 0.1) is 0 Å². The van der Waals surface area contributed by atoms with Crippen LogP contribution in [-0.2, 0) is 0 Å². The van der Waals surface area contributed by atoms with Gasteiger partial charge in [-0.05, 0) is 0 Å². The quantitative estimate of drug-likeness (QED) is 0.433. The monoisotopic (exact) mass is 66.0 g/mol. The molecule has 26 valence electrons. The Balaban J connectivity index is 3.13. The molecule has 0 aromatic carbocycles. The Morgan fingerprint density at radius 1 is 1.00 bits per heavy atom. The van der Waals surface area contributed by atoms with Gasteiger partial charge >= 0.3 is 0 Å². The molecule has 0 atom stereocenters. The maximum absolute atomic E-state index is 3.72. The molecule has 1 rings (SSSR count). The highest BCUT2D eigenvalue weighted by molar-refractivity contribution is 4.84. The molecule has 0 amide bonds. The molecule has 0 N–H and O–H groups in total. The average molecular weight is 66.1 g/mol. The van der Waals surface area contributed by atoms with E-state index < -0.39 is 0 Å².